The Labute approximate surface area is 124 Å². The van der Waals surface area contributed by atoms with Gasteiger partial charge in [-0.25, -0.2) is 8.42 Å². The standard InChI is InChI=1S/C15H30N2O2S/c1-2-14-20(18,19)17-12-10-16(11-13-17)15-8-6-4-3-5-7-9-15/h15H,2-14H2,1H3/p+1. The van der Waals surface area contributed by atoms with E-state index in [2.05, 4.69) is 0 Å². The van der Waals surface area contributed by atoms with Crippen molar-refractivity contribution in [2.75, 3.05) is 31.9 Å². The monoisotopic (exact) mass is 303 g/mol. The van der Waals surface area contributed by atoms with Gasteiger partial charge in [0.15, 0.2) is 0 Å². The Bertz CT molecular complexity index is 367. The van der Waals surface area contributed by atoms with Gasteiger partial charge in [-0.1, -0.05) is 26.2 Å². The molecule has 0 aromatic heterocycles. The summed E-state index contributed by atoms with van der Waals surface area (Å²) in [5, 5.41) is 0. The van der Waals surface area contributed by atoms with E-state index in [0.717, 1.165) is 38.6 Å². The summed E-state index contributed by atoms with van der Waals surface area (Å²) in [4.78, 5) is 1.66. The Balaban J connectivity index is 1.83. The largest absolute Gasteiger partial charge is 0.330 e. The molecular weight excluding hydrogens is 272 g/mol. The normalized spacial score (nSPS) is 25.2. The summed E-state index contributed by atoms with van der Waals surface area (Å²) < 4.78 is 25.9. The first-order chi connectivity index (χ1) is 9.63. The van der Waals surface area contributed by atoms with Crippen molar-refractivity contribution in [2.24, 2.45) is 0 Å². The highest BCUT2D eigenvalue weighted by Gasteiger charge is 2.31. The van der Waals surface area contributed by atoms with E-state index in [-0.39, 0.29) is 0 Å². The van der Waals surface area contributed by atoms with E-state index in [4.69, 9.17) is 0 Å². The van der Waals surface area contributed by atoms with E-state index >= 15 is 0 Å². The third kappa shape index (κ3) is 4.43. The molecule has 2 aliphatic rings. The first-order valence-corrected chi connectivity index (χ1v) is 10.1. The van der Waals surface area contributed by atoms with Gasteiger partial charge in [-0.05, 0) is 32.1 Å². The number of nitrogens with zero attached hydrogens (tertiary/aromatic N) is 1. The molecular formula is C15H31N2O2S+. The minimum Gasteiger partial charge on any atom is -0.330 e. The lowest BCUT2D eigenvalue weighted by Crippen LogP contribution is -3.18. The topological polar surface area (TPSA) is 41.8 Å². The molecule has 5 heteroatoms. The lowest BCUT2D eigenvalue weighted by molar-refractivity contribution is -0.929. The first kappa shape index (κ1) is 16.2. The van der Waals surface area contributed by atoms with E-state index in [1.807, 2.05) is 6.92 Å². The first-order valence-electron chi connectivity index (χ1n) is 8.46. The van der Waals surface area contributed by atoms with Crippen LogP contribution in [0, 0.1) is 0 Å². The average molecular weight is 303 g/mol. The van der Waals surface area contributed by atoms with E-state index < -0.39 is 10.0 Å². The van der Waals surface area contributed by atoms with Crippen LogP contribution in [0.1, 0.15) is 58.3 Å². The fourth-order valence-corrected chi connectivity index (χ4v) is 5.22. The van der Waals surface area contributed by atoms with Crippen molar-refractivity contribution < 1.29 is 13.3 Å². The minimum atomic E-state index is -2.98. The molecule has 1 saturated heterocycles. The third-order valence-corrected chi connectivity index (χ3v) is 6.98. The molecule has 0 atom stereocenters. The van der Waals surface area contributed by atoms with Crippen LogP contribution in [0.4, 0.5) is 0 Å². The zero-order valence-electron chi connectivity index (χ0n) is 12.9. The highest BCUT2D eigenvalue weighted by atomic mass is 32.2. The smallest absolute Gasteiger partial charge is 0.214 e. The predicted molar refractivity (Wildman–Crippen MR) is 82.5 cm³/mol. The predicted octanol–water partition coefficient (Wildman–Crippen LogP) is 1.04. The number of piperazine rings is 1. The zero-order valence-corrected chi connectivity index (χ0v) is 13.8. The molecule has 1 saturated carbocycles. The molecule has 0 spiro atoms. The van der Waals surface area contributed by atoms with E-state index in [0.29, 0.717) is 5.75 Å². The second-order valence-electron chi connectivity index (χ2n) is 6.42. The molecule has 0 aromatic carbocycles. The van der Waals surface area contributed by atoms with Crippen molar-refractivity contribution in [3.63, 3.8) is 0 Å². The minimum absolute atomic E-state index is 0.311. The third-order valence-electron chi connectivity index (χ3n) is 4.90. The summed E-state index contributed by atoms with van der Waals surface area (Å²) in [5.41, 5.74) is 0. The maximum absolute atomic E-state index is 12.1. The number of sulfonamides is 1. The van der Waals surface area contributed by atoms with E-state index in [9.17, 15) is 8.42 Å². The number of nitrogens with one attached hydrogen (secondary N) is 1. The summed E-state index contributed by atoms with van der Waals surface area (Å²) >= 11 is 0. The SMILES string of the molecule is CCCS(=O)(=O)N1CC[NH+](C2CCCCCCC2)CC1. The van der Waals surface area contributed by atoms with Crippen LogP contribution >= 0.6 is 0 Å². The van der Waals surface area contributed by atoms with Gasteiger partial charge in [-0.15, -0.1) is 0 Å². The van der Waals surface area contributed by atoms with Crippen LogP contribution in [0.25, 0.3) is 0 Å². The maximum atomic E-state index is 12.1. The summed E-state index contributed by atoms with van der Waals surface area (Å²) in [6, 6.07) is 0.784. The van der Waals surface area contributed by atoms with Crippen LogP contribution in [-0.2, 0) is 10.0 Å². The van der Waals surface area contributed by atoms with Gasteiger partial charge in [-0.3, -0.25) is 0 Å². The summed E-state index contributed by atoms with van der Waals surface area (Å²) in [7, 11) is -2.98. The van der Waals surface area contributed by atoms with E-state index in [1.165, 1.54) is 44.9 Å². The Morgan fingerprint density at radius 1 is 1.00 bits per heavy atom. The van der Waals surface area contributed by atoms with Crippen molar-refractivity contribution in [1.29, 1.82) is 0 Å². The van der Waals surface area contributed by atoms with Gasteiger partial charge in [0.2, 0.25) is 10.0 Å². The summed E-state index contributed by atoms with van der Waals surface area (Å²) in [6.45, 7) is 5.41. The molecule has 20 heavy (non-hydrogen) atoms. The molecule has 0 bridgehead atoms. The Kier molecular flexibility index (Phi) is 6.30. The Morgan fingerprint density at radius 2 is 1.55 bits per heavy atom. The fraction of sp³-hybridized carbons (Fsp3) is 1.00. The summed E-state index contributed by atoms with van der Waals surface area (Å²) in [6.07, 6.45) is 10.3. The van der Waals surface area contributed by atoms with Crippen LogP contribution in [0.3, 0.4) is 0 Å². The summed E-state index contributed by atoms with van der Waals surface area (Å²) in [5.74, 6) is 0.311. The second kappa shape index (κ2) is 7.76. The molecule has 118 valence electrons. The Hall–Kier alpha value is -0.130. The molecule has 1 N–H and O–H groups in total. The number of hydrogen-bond acceptors (Lipinski definition) is 2. The van der Waals surface area contributed by atoms with Crippen molar-refractivity contribution in [3.05, 3.63) is 0 Å². The quantitative estimate of drug-likeness (QED) is 0.843. The van der Waals surface area contributed by atoms with Crippen molar-refractivity contribution in [3.8, 4) is 0 Å². The van der Waals surface area contributed by atoms with Crippen molar-refractivity contribution >= 4 is 10.0 Å². The number of hydrogen-bond donors (Lipinski definition) is 1. The molecule has 4 nitrogen and oxygen atoms in total. The zero-order chi connectivity index (χ0) is 14.4. The van der Waals surface area contributed by atoms with Gasteiger partial charge in [-0.2, -0.15) is 4.31 Å². The van der Waals surface area contributed by atoms with Gasteiger partial charge in [0.1, 0.15) is 0 Å². The fourth-order valence-electron chi connectivity index (χ4n) is 3.71. The van der Waals surface area contributed by atoms with Crippen LogP contribution in [0.15, 0.2) is 0 Å². The Morgan fingerprint density at radius 3 is 2.10 bits per heavy atom. The van der Waals surface area contributed by atoms with Crippen LogP contribution < -0.4 is 4.90 Å². The molecule has 1 aliphatic carbocycles. The van der Waals surface area contributed by atoms with Gasteiger partial charge >= 0.3 is 0 Å². The highest BCUT2D eigenvalue weighted by Crippen LogP contribution is 2.16. The molecule has 2 fully saturated rings. The van der Waals surface area contributed by atoms with Crippen LogP contribution in [0.5, 0.6) is 0 Å². The molecule has 0 radical (unpaired) electrons. The number of rotatable bonds is 4. The van der Waals surface area contributed by atoms with Gasteiger partial charge in [0.05, 0.1) is 38.0 Å². The average Bonchev–Trinajstić information content (AvgIpc) is 2.38. The van der Waals surface area contributed by atoms with Gasteiger partial charge < -0.3 is 4.90 Å². The lowest BCUT2D eigenvalue weighted by Gasteiger charge is -2.36. The highest BCUT2D eigenvalue weighted by molar-refractivity contribution is 7.89. The second-order valence-corrected chi connectivity index (χ2v) is 8.50. The van der Waals surface area contributed by atoms with Gasteiger partial charge in [0, 0.05) is 0 Å². The maximum Gasteiger partial charge on any atom is 0.214 e. The van der Waals surface area contributed by atoms with E-state index in [1.54, 1.807) is 9.21 Å². The van der Waals surface area contributed by atoms with Crippen LogP contribution in [-0.4, -0.2) is 50.7 Å². The molecule has 1 aliphatic heterocycles. The molecule has 0 unspecified atom stereocenters. The number of quaternary nitrogens is 1. The molecule has 1 heterocycles. The van der Waals surface area contributed by atoms with Crippen molar-refractivity contribution in [2.45, 2.75) is 64.3 Å². The van der Waals surface area contributed by atoms with Crippen molar-refractivity contribution in [1.82, 2.24) is 4.31 Å². The van der Waals surface area contributed by atoms with Gasteiger partial charge in [0.25, 0.3) is 0 Å². The lowest BCUT2D eigenvalue weighted by atomic mass is 9.95. The molecule has 2 rings (SSSR count). The molecule has 0 amide bonds. The van der Waals surface area contributed by atoms with Crippen LogP contribution in [0.2, 0.25) is 0 Å². The molecule has 0 aromatic rings.